The van der Waals surface area contributed by atoms with Crippen molar-refractivity contribution in [3.8, 4) is 5.75 Å². The van der Waals surface area contributed by atoms with Crippen LogP contribution in [0.3, 0.4) is 0 Å². The zero-order valence-electron chi connectivity index (χ0n) is 17.4. The molecular formula is C25H32O4. The Balaban J connectivity index is 1.59. The number of ketones is 1. The Morgan fingerprint density at radius 2 is 1.41 bits per heavy atom. The highest BCUT2D eigenvalue weighted by atomic mass is 16.6. The lowest BCUT2D eigenvalue weighted by Gasteiger charge is -2.08. The fraction of sp³-hybridized carbons (Fsp3) is 0.440. The van der Waals surface area contributed by atoms with Gasteiger partial charge in [-0.05, 0) is 30.5 Å². The second-order valence-corrected chi connectivity index (χ2v) is 7.19. The van der Waals surface area contributed by atoms with Crippen molar-refractivity contribution in [1.29, 1.82) is 0 Å². The van der Waals surface area contributed by atoms with E-state index >= 15 is 0 Å². The van der Waals surface area contributed by atoms with Crippen LogP contribution in [-0.4, -0.2) is 25.0 Å². The molecule has 0 saturated heterocycles. The van der Waals surface area contributed by atoms with Crippen molar-refractivity contribution < 1.29 is 19.1 Å². The van der Waals surface area contributed by atoms with Crippen LogP contribution in [0.1, 0.15) is 67.8 Å². The summed E-state index contributed by atoms with van der Waals surface area (Å²) < 4.78 is 10.6. The number of ether oxygens (including phenoxy) is 2. The lowest BCUT2D eigenvalue weighted by molar-refractivity contribution is -0.138. The largest absolute Gasteiger partial charge is 0.490 e. The first-order valence-electron chi connectivity index (χ1n) is 10.7. The Hall–Kier alpha value is -2.62. The highest BCUT2D eigenvalue weighted by Crippen LogP contribution is 2.15. The lowest BCUT2D eigenvalue weighted by atomic mass is 10.0. The third kappa shape index (κ3) is 8.95. The van der Waals surface area contributed by atoms with E-state index in [4.69, 9.17) is 9.47 Å². The van der Waals surface area contributed by atoms with Crippen LogP contribution in [0, 0.1) is 0 Å². The van der Waals surface area contributed by atoms with Crippen LogP contribution < -0.4 is 4.74 Å². The van der Waals surface area contributed by atoms with Crippen LogP contribution in [-0.2, 0) is 16.0 Å². The average molecular weight is 397 g/mol. The van der Waals surface area contributed by atoms with Gasteiger partial charge in [-0.2, -0.15) is 0 Å². The summed E-state index contributed by atoms with van der Waals surface area (Å²) in [6.07, 6.45) is 10.3. The Morgan fingerprint density at radius 3 is 2.10 bits per heavy atom. The summed E-state index contributed by atoms with van der Waals surface area (Å²) >= 11 is 0. The van der Waals surface area contributed by atoms with E-state index in [1.165, 1.54) is 50.5 Å². The van der Waals surface area contributed by atoms with Crippen molar-refractivity contribution in [3.05, 3.63) is 65.7 Å². The van der Waals surface area contributed by atoms with E-state index in [9.17, 15) is 9.59 Å². The molecule has 0 fully saturated rings. The summed E-state index contributed by atoms with van der Waals surface area (Å²) in [5.41, 5.74) is 1.64. The van der Waals surface area contributed by atoms with Gasteiger partial charge < -0.3 is 9.47 Å². The number of unbranched alkanes of at least 4 members (excludes halogenated alkanes) is 6. The predicted octanol–water partition coefficient (Wildman–Crippen LogP) is 5.78. The molecule has 4 nitrogen and oxygen atoms in total. The Morgan fingerprint density at radius 1 is 0.759 bits per heavy atom. The van der Waals surface area contributed by atoms with E-state index in [1.54, 1.807) is 30.3 Å². The third-order valence-corrected chi connectivity index (χ3v) is 4.80. The normalized spacial score (nSPS) is 10.5. The second-order valence-electron chi connectivity index (χ2n) is 7.19. The van der Waals surface area contributed by atoms with E-state index in [2.05, 4.69) is 19.1 Å². The number of Topliss-reactive ketones (excluding diaryl/α,β-unsaturated/α-hetero) is 1. The second kappa shape index (κ2) is 13.5. The minimum absolute atomic E-state index is 0.0389. The molecule has 0 saturated carbocycles. The maximum Gasteiger partial charge on any atom is 0.379 e. The topological polar surface area (TPSA) is 52.6 Å². The smallest absolute Gasteiger partial charge is 0.379 e. The van der Waals surface area contributed by atoms with Crippen molar-refractivity contribution >= 4 is 11.8 Å². The van der Waals surface area contributed by atoms with Crippen LogP contribution in [0.4, 0.5) is 0 Å². The SMILES string of the molecule is CCCCCCCCCc1ccc(OCCOC(=O)C(=O)c2ccccc2)cc1. The van der Waals surface area contributed by atoms with Gasteiger partial charge in [0.15, 0.2) is 0 Å². The Bertz CT molecular complexity index is 722. The molecule has 0 N–H and O–H groups in total. The molecule has 0 unspecified atom stereocenters. The molecule has 156 valence electrons. The number of rotatable bonds is 14. The average Bonchev–Trinajstić information content (AvgIpc) is 2.77. The molecule has 0 amide bonds. The lowest BCUT2D eigenvalue weighted by Crippen LogP contribution is -2.20. The standard InChI is InChI=1S/C25H32O4/c1-2-3-4-5-6-7-9-12-21-15-17-23(18-16-21)28-19-20-29-25(27)24(26)22-13-10-8-11-14-22/h8,10-11,13-18H,2-7,9,12,19-20H2,1H3. The van der Waals surface area contributed by atoms with Gasteiger partial charge in [0.2, 0.25) is 0 Å². The first-order chi connectivity index (χ1) is 14.2. The highest BCUT2D eigenvalue weighted by molar-refractivity contribution is 6.40. The minimum atomic E-state index is -0.857. The molecule has 2 aromatic rings. The predicted molar refractivity (Wildman–Crippen MR) is 115 cm³/mol. The molecule has 0 bridgehead atoms. The van der Waals surface area contributed by atoms with Gasteiger partial charge in [-0.3, -0.25) is 4.79 Å². The first kappa shape index (κ1) is 22.7. The number of aryl methyl sites for hydroxylation is 1. The van der Waals surface area contributed by atoms with Crippen LogP contribution in [0.25, 0.3) is 0 Å². The van der Waals surface area contributed by atoms with Crippen molar-refractivity contribution in [3.63, 3.8) is 0 Å². The van der Waals surface area contributed by atoms with Crippen LogP contribution in [0.2, 0.25) is 0 Å². The number of carbonyl (C=O) groups is 2. The maximum absolute atomic E-state index is 11.9. The Labute approximate surface area is 174 Å². The maximum atomic E-state index is 11.9. The van der Waals surface area contributed by atoms with E-state index in [0.29, 0.717) is 5.56 Å². The number of carbonyl (C=O) groups excluding carboxylic acids is 2. The molecule has 0 heterocycles. The summed E-state index contributed by atoms with van der Waals surface area (Å²) in [5.74, 6) is -0.760. The molecule has 0 radical (unpaired) electrons. The highest BCUT2D eigenvalue weighted by Gasteiger charge is 2.17. The molecule has 0 aliphatic heterocycles. The van der Waals surface area contributed by atoms with Gasteiger partial charge in [0.05, 0.1) is 0 Å². The molecule has 2 rings (SSSR count). The van der Waals surface area contributed by atoms with Crippen LogP contribution >= 0.6 is 0 Å². The van der Waals surface area contributed by atoms with Crippen molar-refractivity contribution in [2.24, 2.45) is 0 Å². The fourth-order valence-electron chi connectivity index (χ4n) is 3.11. The van der Waals surface area contributed by atoms with E-state index < -0.39 is 11.8 Å². The number of hydrogen-bond acceptors (Lipinski definition) is 4. The molecule has 0 aromatic heterocycles. The number of esters is 1. The zero-order chi connectivity index (χ0) is 20.7. The summed E-state index contributed by atoms with van der Waals surface area (Å²) in [5, 5.41) is 0. The van der Waals surface area contributed by atoms with Crippen molar-refractivity contribution in [1.82, 2.24) is 0 Å². The summed E-state index contributed by atoms with van der Waals surface area (Å²) in [6, 6.07) is 16.4. The van der Waals surface area contributed by atoms with Crippen molar-refractivity contribution in [2.75, 3.05) is 13.2 Å². The van der Waals surface area contributed by atoms with Gasteiger partial charge in [0, 0.05) is 5.56 Å². The van der Waals surface area contributed by atoms with Gasteiger partial charge in [-0.1, -0.05) is 87.9 Å². The fourth-order valence-corrected chi connectivity index (χ4v) is 3.11. The van der Waals surface area contributed by atoms with E-state index in [-0.39, 0.29) is 13.2 Å². The molecular weight excluding hydrogens is 364 g/mol. The van der Waals surface area contributed by atoms with Gasteiger partial charge in [-0.25, -0.2) is 4.79 Å². The van der Waals surface area contributed by atoms with Crippen molar-refractivity contribution in [2.45, 2.75) is 58.3 Å². The third-order valence-electron chi connectivity index (χ3n) is 4.80. The van der Waals surface area contributed by atoms with Gasteiger partial charge in [0.25, 0.3) is 5.78 Å². The number of benzene rings is 2. The molecule has 0 aliphatic carbocycles. The van der Waals surface area contributed by atoms with Crippen LogP contribution in [0.5, 0.6) is 5.75 Å². The van der Waals surface area contributed by atoms with Gasteiger partial charge in [0.1, 0.15) is 19.0 Å². The zero-order valence-corrected chi connectivity index (χ0v) is 17.4. The minimum Gasteiger partial charge on any atom is -0.490 e. The monoisotopic (exact) mass is 396 g/mol. The molecule has 0 aliphatic rings. The van der Waals surface area contributed by atoms with Gasteiger partial charge in [-0.15, -0.1) is 0 Å². The first-order valence-corrected chi connectivity index (χ1v) is 10.7. The van der Waals surface area contributed by atoms with Crippen LogP contribution in [0.15, 0.2) is 54.6 Å². The molecule has 0 spiro atoms. The summed E-state index contributed by atoms with van der Waals surface area (Å²) in [6.45, 7) is 2.50. The van der Waals surface area contributed by atoms with E-state index in [1.807, 2.05) is 12.1 Å². The molecule has 29 heavy (non-hydrogen) atoms. The number of hydrogen-bond donors (Lipinski definition) is 0. The quantitative estimate of drug-likeness (QED) is 0.176. The molecule has 2 aromatic carbocycles. The molecule has 0 atom stereocenters. The van der Waals surface area contributed by atoms with E-state index in [0.717, 1.165) is 12.2 Å². The molecule has 4 heteroatoms. The summed E-state index contributed by atoms with van der Waals surface area (Å²) in [4.78, 5) is 23.7. The van der Waals surface area contributed by atoms with Gasteiger partial charge >= 0.3 is 5.97 Å². The Kier molecular flexibility index (Phi) is 10.6. The summed E-state index contributed by atoms with van der Waals surface area (Å²) in [7, 11) is 0.